The van der Waals surface area contributed by atoms with Crippen LogP contribution >= 0.6 is 0 Å². The Morgan fingerprint density at radius 2 is 2.06 bits per heavy atom. The molecular formula is C14H24N4. The van der Waals surface area contributed by atoms with E-state index in [0.717, 1.165) is 17.6 Å². The van der Waals surface area contributed by atoms with Crippen molar-refractivity contribution in [1.82, 2.24) is 9.97 Å². The van der Waals surface area contributed by atoms with Gasteiger partial charge in [-0.05, 0) is 19.3 Å². The van der Waals surface area contributed by atoms with Gasteiger partial charge in [0, 0.05) is 17.5 Å². The van der Waals surface area contributed by atoms with E-state index in [4.69, 9.17) is 5.73 Å². The van der Waals surface area contributed by atoms with Gasteiger partial charge in [0.15, 0.2) is 0 Å². The summed E-state index contributed by atoms with van der Waals surface area (Å²) in [7, 11) is 0. The van der Waals surface area contributed by atoms with Crippen LogP contribution in [0.15, 0.2) is 6.07 Å². The van der Waals surface area contributed by atoms with Crippen molar-refractivity contribution >= 4 is 11.6 Å². The number of hydrogen-bond donors (Lipinski definition) is 2. The van der Waals surface area contributed by atoms with Gasteiger partial charge in [-0.3, -0.25) is 0 Å². The van der Waals surface area contributed by atoms with E-state index in [9.17, 15) is 0 Å². The lowest BCUT2D eigenvalue weighted by Gasteiger charge is -2.20. The maximum absolute atomic E-state index is 5.85. The molecule has 1 fully saturated rings. The third-order valence-electron chi connectivity index (χ3n) is 3.19. The molecule has 1 aromatic rings. The van der Waals surface area contributed by atoms with Crippen LogP contribution in [0.1, 0.15) is 52.8 Å². The Kier molecular flexibility index (Phi) is 3.46. The molecule has 4 nitrogen and oxygen atoms in total. The molecule has 100 valence electrons. The van der Waals surface area contributed by atoms with Crippen LogP contribution in [-0.4, -0.2) is 16.0 Å². The molecule has 1 saturated carbocycles. The molecule has 0 spiro atoms. The van der Waals surface area contributed by atoms with E-state index in [2.05, 4.69) is 43.0 Å². The molecular weight excluding hydrogens is 224 g/mol. The lowest BCUT2D eigenvalue weighted by Crippen LogP contribution is -2.21. The van der Waals surface area contributed by atoms with Crippen molar-refractivity contribution in [2.24, 2.45) is 5.92 Å². The van der Waals surface area contributed by atoms with E-state index in [1.807, 2.05) is 6.07 Å². The molecule has 2 rings (SSSR count). The van der Waals surface area contributed by atoms with Gasteiger partial charge in [-0.1, -0.05) is 33.6 Å². The predicted molar refractivity (Wildman–Crippen MR) is 75.6 cm³/mol. The molecule has 1 aromatic heterocycles. The van der Waals surface area contributed by atoms with Gasteiger partial charge in [-0.2, -0.15) is 0 Å². The van der Waals surface area contributed by atoms with Crippen molar-refractivity contribution in [2.75, 3.05) is 11.1 Å². The van der Waals surface area contributed by atoms with Crippen molar-refractivity contribution < 1.29 is 0 Å². The molecule has 1 aliphatic rings. The first kappa shape index (κ1) is 13.1. The van der Waals surface area contributed by atoms with Crippen molar-refractivity contribution in [1.29, 1.82) is 0 Å². The second-order valence-corrected chi connectivity index (χ2v) is 6.48. The SMILES string of the molecule is CC(CC1CC1)Nc1cc(N)nc(C(C)(C)C)n1. The number of nitrogens with zero attached hydrogens (tertiary/aromatic N) is 2. The highest BCUT2D eigenvalue weighted by molar-refractivity contribution is 5.45. The van der Waals surface area contributed by atoms with Crippen LogP contribution in [0.2, 0.25) is 0 Å². The first-order valence-corrected chi connectivity index (χ1v) is 6.76. The number of aromatic nitrogens is 2. The van der Waals surface area contributed by atoms with Gasteiger partial charge in [0.2, 0.25) is 0 Å². The van der Waals surface area contributed by atoms with Crippen LogP contribution < -0.4 is 11.1 Å². The van der Waals surface area contributed by atoms with Crippen LogP contribution in [0.3, 0.4) is 0 Å². The van der Waals surface area contributed by atoms with Crippen molar-refractivity contribution in [3.05, 3.63) is 11.9 Å². The van der Waals surface area contributed by atoms with Crippen LogP contribution in [0, 0.1) is 5.92 Å². The van der Waals surface area contributed by atoms with Gasteiger partial charge in [-0.25, -0.2) is 9.97 Å². The Labute approximate surface area is 109 Å². The second kappa shape index (κ2) is 4.75. The highest BCUT2D eigenvalue weighted by Gasteiger charge is 2.24. The average Bonchev–Trinajstić information content (AvgIpc) is 2.98. The molecule has 0 amide bonds. The molecule has 18 heavy (non-hydrogen) atoms. The number of nitrogens with one attached hydrogen (secondary N) is 1. The quantitative estimate of drug-likeness (QED) is 0.860. The van der Waals surface area contributed by atoms with E-state index < -0.39 is 0 Å². The van der Waals surface area contributed by atoms with Crippen molar-refractivity contribution in [2.45, 2.75) is 58.4 Å². The molecule has 0 aromatic carbocycles. The van der Waals surface area contributed by atoms with Crippen LogP contribution in [-0.2, 0) is 5.41 Å². The Hall–Kier alpha value is -1.32. The van der Waals surface area contributed by atoms with Crippen molar-refractivity contribution in [3.8, 4) is 0 Å². The highest BCUT2D eigenvalue weighted by atomic mass is 15.1. The zero-order valence-corrected chi connectivity index (χ0v) is 11.8. The van der Waals surface area contributed by atoms with E-state index in [1.165, 1.54) is 19.3 Å². The summed E-state index contributed by atoms with van der Waals surface area (Å²) in [6.07, 6.45) is 3.98. The molecule has 1 heterocycles. The first-order valence-electron chi connectivity index (χ1n) is 6.76. The molecule has 0 saturated heterocycles. The summed E-state index contributed by atoms with van der Waals surface area (Å²) in [5.41, 5.74) is 5.78. The smallest absolute Gasteiger partial charge is 0.138 e. The first-order chi connectivity index (χ1) is 8.34. The Morgan fingerprint density at radius 3 is 2.61 bits per heavy atom. The fourth-order valence-corrected chi connectivity index (χ4v) is 2.04. The lowest BCUT2D eigenvalue weighted by atomic mass is 9.96. The van der Waals surface area contributed by atoms with Gasteiger partial charge in [0.1, 0.15) is 17.5 Å². The zero-order chi connectivity index (χ0) is 13.3. The summed E-state index contributed by atoms with van der Waals surface area (Å²) in [6, 6.07) is 2.26. The monoisotopic (exact) mass is 248 g/mol. The molecule has 1 unspecified atom stereocenters. The summed E-state index contributed by atoms with van der Waals surface area (Å²) in [5.74, 6) is 3.09. The normalized spacial score (nSPS) is 17.6. The van der Waals surface area contributed by atoms with Gasteiger partial charge in [0.05, 0.1) is 0 Å². The van der Waals surface area contributed by atoms with Gasteiger partial charge < -0.3 is 11.1 Å². The Bertz CT molecular complexity index is 418. The van der Waals surface area contributed by atoms with E-state index in [0.29, 0.717) is 11.9 Å². The minimum atomic E-state index is -0.0778. The maximum Gasteiger partial charge on any atom is 0.138 e. The summed E-state index contributed by atoms with van der Waals surface area (Å²) >= 11 is 0. The number of rotatable bonds is 4. The number of anilines is 2. The van der Waals surface area contributed by atoms with Crippen LogP contribution in [0.5, 0.6) is 0 Å². The molecule has 0 radical (unpaired) electrons. The Morgan fingerprint density at radius 1 is 1.39 bits per heavy atom. The predicted octanol–water partition coefficient (Wildman–Crippen LogP) is 2.96. The molecule has 3 N–H and O–H groups in total. The third kappa shape index (κ3) is 3.59. The number of nitrogens with two attached hydrogens (primary N) is 1. The highest BCUT2D eigenvalue weighted by Crippen LogP contribution is 2.34. The molecule has 0 aliphatic heterocycles. The lowest BCUT2D eigenvalue weighted by molar-refractivity contribution is 0.545. The minimum Gasteiger partial charge on any atom is -0.384 e. The molecule has 0 bridgehead atoms. The fourth-order valence-electron chi connectivity index (χ4n) is 2.04. The topological polar surface area (TPSA) is 63.8 Å². The zero-order valence-electron chi connectivity index (χ0n) is 11.8. The summed E-state index contributed by atoms with van der Waals surface area (Å²) < 4.78 is 0. The number of nitrogen functional groups attached to an aromatic ring is 1. The molecule has 1 aliphatic carbocycles. The maximum atomic E-state index is 5.85. The van der Waals surface area contributed by atoms with E-state index >= 15 is 0 Å². The van der Waals surface area contributed by atoms with Gasteiger partial charge in [-0.15, -0.1) is 0 Å². The molecule has 4 heteroatoms. The third-order valence-corrected chi connectivity index (χ3v) is 3.19. The van der Waals surface area contributed by atoms with Crippen LogP contribution in [0.25, 0.3) is 0 Å². The molecule has 1 atom stereocenters. The van der Waals surface area contributed by atoms with E-state index in [-0.39, 0.29) is 5.41 Å². The second-order valence-electron chi connectivity index (χ2n) is 6.48. The summed E-state index contributed by atoms with van der Waals surface area (Å²) in [6.45, 7) is 8.49. The van der Waals surface area contributed by atoms with Crippen LogP contribution in [0.4, 0.5) is 11.6 Å². The van der Waals surface area contributed by atoms with E-state index in [1.54, 1.807) is 0 Å². The largest absolute Gasteiger partial charge is 0.384 e. The Balaban J connectivity index is 2.09. The summed E-state index contributed by atoms with van der Waals surface area (Å²) in [5, 5.41) is 3.44. The minimum absolute atomic E-state index is 0.0778. The standard InChI is InChI=1S/C14H24N4/c1-9(7-10-5-6-10)16-12-8-11(15)17-13(18-12)14(2,3)4/h8-10H,5-7H2,1-4H3,(H3,15,16,17,18). The van der Waals surface area contributed by atoms with Crippen molar-refractivity contribution in [3.63, 3.8) is 0 Å². The fraction of sp³-hybridized carbons (Fsp3) is 0.714. The van der Waals surface area contributed by atoms with Gasteiger partial charge >= 0.3 is 0 Å². The summed E-state index contributed by atoms with van der Waals surface area (Å²) in [4.78, 5) is 8.88. The average molecular weight is 248 g/mol. The van der Waals surface area contributed by atoms with Gasteiger partial charge in [0.25, 0.3) is 0 Å². The number of hydrogen-bond acceptors (Lipinski definition) is 4.